The van der Waals surface area contributed by atoms with Crippen molar-refractivity contribution in [1.29, 1.82) is 0 Å². The van der Waals surface area contributed by atoms with Gasteiger partial charge in [0, 0.05) is 24.4 Å². The zero-order chi connectivity index (χ0) is 30.2. The molecule has 0 fully saturated rings. The van der Waals surface area contributed by atoms with Gasteiger partial charge in [0.15, 0.2) is 0 Å². The number of carbonyl (C=O) groups excluding carboxylic acids is 2. The first-order valence-corrected chi connectivity index (χ1v) is 15.3. The fourth-order valence-corrected chi connectivity index (χ4v) is 5.34. The van der Waals surface area contributed by atoms with Gasteiger partial charge in [0.2, 0.25) is 5.91 Å². The smallest absolute Gasteiger partial charge is 0.255 e. The Hall–Kier alpha value is -4.76. The molecule has 43 heavy (non-hydrogen) atoms. The van der Waals surface area contributed by atoms with E-state index in [0.29, 0.717) is 35.8 Å². The van der Waals surface area contributed by atoms with E-state index in [9.17, 15) is 9.59 Å². The molecule has 1 atom stereocenters. The Morgan fingerprint density at radius 3 is 2.49 bits per heavy atom. The Kier molecular flexibility index (Phi) is 9.63. The summed E-state index contributed by atoms with van der Waals surface area (Å²) in [5, 5.41) is 5.40. The third-order valence-corrected chi connectivity index (χ3v) is 8.03. The number of anilines is 1. The number of aryl methyl sites for hydroxylation is 1. The summed E-state index contributed by atoms with van der Waals surface area (Å²) < 4.78 is 14.1. The predicted molar refractivity (Wildman–Crippen MR) is 172 cm³/mol. The minimum absolute atomic E-state index is 0.0533. The van der Waals surface area contributed by atoms with E-state index >= 15 is 0 Å². The lowest BCUT2D eigenvalue weighted by atomic mass is 10.1. The molecule has 0 saturated heterocycles. The van der Waals surface area contributed by atoms with Crippen LogP contribution in [0.5, 0.6) is 17.2 Å². The molecule has 1 heterocycles. The molecule has 1 aliphatic rings. The van der Waals surface area contributed by atoms with Crippen molar-refractivity contribution in [2.24, 2.45) is 7.05 Å². The normalized spacial score (nSPS) is 13.2. The number of aromatic nitrogens is 2. The van der Waals surface area contributed by atoms with E-state index in [1.807, 2.05) is 103 Å². The van der Waals surface area contributed by atoms with Crippen LogP contribution in [0.2, 0.25) is 0 Å². The fourth-order valence-electron chi connectivity index (χ4n) is 4.70. The van der Waals surface area contributed by atoms with Crippen LogP contribution in [0.4, 0.5) is 5.69 Å². The van der Waals surface area contributed by atoms with Crippen LogP contribution in [-0.4, -0.2) is 32.9 Å². The summed E-state index contributed by atoms with van der Waals surface area (Å²) >= 11 is 1.51. The van der Waals surface area contributed by atoms with E-state index < -0.39 is 0 Å². The van der Waals surface area contributed by atoms with Gasteiger partial charge in [-0.1, -0.05) is 36.9 Å². The van der Waals surface area contributed by atoms with Crippen LogP contribution >= 0.6 is 11.8 Å². The lowest BCUT2D eigenvalue weighted by Crippen LogP contribution is -2.30. The molecule has 0 spiro atoms. The number of fused-ring (bicyclic) bond motifs is 1. The number of nitrogens with zero attached hydrogens (tertiary/aromatic N) is 2. The first-order valence-electron chi connectivity index (χ1n) is 14.0. The minimum Gasteiger partial charge on any atom is -0.486 e. The number of hydrogen-bond acceptors (Lipinski definition) is 6. The van der Waals surface area contributed by atoms with Crippen LogP contribution in [-0.2, 0) is 29.7 Å². The van der Waals surface area contributed by atoms with Crippen molar-refractivity contribution in [1.82, 2.24) is 14.9 Å². The second-order valence-corrected chi connectivity index (χ2v) is 11.1. The molecule has 0 bridgehead atoms. The number of rotatable bonds is 12. The topological polar surface area (TPSA) is 94.5 Å². The Labute approximate surface area is 255 Å². The Morgan fingerprint density at radius 1 is 1.05 bits per heavy atom. The van der Waals surface area contributed by atoms with Gasteiger partial charge in [0.25, 0.3) is 5.91 Å². The van der Waals surface area contributed by atoms with Crippen molar-refractivity contribution in [3.05, 3.63) is 115 Å². The minimum atomic E-state index is -0.187. The van der Waals surface area contributed by atoms with Crippen LogP contribution in [0.25, 0.3) is 11.0 Å². The maximum atomic E-state index is 12.4. The van der Waals surface area contributed by atoms with Gasteiger partial charge in [-0.3, -0.25) is 9.59 Å². The summed E-state index contributed by atoms with van der Waals surface area (Å²) in [5.74, 6) is 2.68. The number of hydrogen-bond donors (Lipinski definition) is 2. The van der Waals surface area contributed by atoms with Gasteiger partial charge in [-0.05, 0) is 85.8 Å². The number of ether oxygens (including phenoxy) is 2. The molecule has 0 saturated carbocycles. The third kappa shape index (κ3) is 7.55. The molecule has 8 nitrogen and oxygen atoms in total. The molecule has 4 aromatic rings. The van der Waals surface area contributed by atoms with Gasteiger partial charge >= 0.3 is 0 Å². The van der Waals surface area contributed by atoms with Crippen molar-refractivity contribution in [2.45, 2.75) is 31.1 Å². The van der Waals surface area contributed by atoms with E-state index in [2.05, 4.69) is 17.2 Å². The zero-order valence-corrected chi connectivity index (χ0v) is 25.0. The average Bonchev–Trinajstić information content (AvgIpc) is 3.35. The van der Waals surface area contributed by atoms with Gasteiger partial charge in [0.05, 0.1) is 16.3 Å². The summed E-state index contributed by atoms with van der Waals surface area (Å²) in [4.78, 5) is 29.3. The van der Waals surface area contributed by atoms with Gasteiger partial charge < -0.3 is 24.7 Å². The lowest BCUT2D eigenvalue weighted by molar-refractivity contribution is -0.119. The van der Waals surface area contributed by atoms with Crippen LogP contribution in [0.1, 0.15) is 24.2 Å². The summed E-state index contributed by atoms with van der Waals surface area (Å²) in [6.07, 6.45) is 11.6. The highest BCUT2D eigenvalue weighted by atomic mass is 32.2. The molecule has 5 rings (SSSR count). The molecular weight excluding hydrogens is 560 g/mol. The van der Waals surface area contributed by atoms with Gasteiger partial charge in [-0.15, -0.1) is 0 Å². The second-order valence-electron chi connectivity index (χ2n) is 10.0. The highest BCUT2D eigenvalue weighted by Crippen LogP contribution is 2.28. The van der Waals surface area contributed by atoms with Gasteiger partial charge in [-0.2, -0.15) is 11.8 Å². The first-order chi connectivity index (χ1) is 20.9. The van der Waals surface area contributed by atoms with Crippen molar-refractivity contribution in [3.8, 4) is 17.2 Å². The molecule has 2 amide bonds. The molecule has 1 unspecified atom stereocenters. The third-order valence-electron chi connectivity index (χ3n) is 7.08. The van der Waals surface area contributed by atoms with Crippen molar-refractivity contribution < 1.29 is 19.1 Å². The van der Waals surface area contributed by atoms with E-state index in [0.717, 1.165) is 41.0 Å². The highest BCUT2D eigenvalue weighted by Gasteiger charge is 2.17. The van der Waals surface area contributed by atoms with Crippen molar-refractivity contribution >= 4 is 40.3 Å². The van der Waals surface area contributed by atoms with E-state index in [1.54, 1.807) is 0 Å². The number of benzene rings is 3. The summed E-state index contributed by atoms with van der Waals surface area (Å²) in [6, 6.07) is 20.8. The Bertz CT molecular complexity index is 1670. The van der Waals surface area contributed by atoms with E-state index in [1.165, 1.54) is 18.0 Å². The molecule has 220 valence electrons. The van der Waals surface area contributed by atoms with E-state index in [4.69, 9.17) is 14.5 Å². The quantitative estimate of drug-likeness (QED) is 0.190. The molecular formula is C34H34N4O4S. The monoisotopic (exact) mass is 594 g/mol. The van der Waals surface area contributed by atoms with Gasteiger partial charge in [0.1, 0.15) is 29.7 Å². The average molecular weight is 595 g/mol. The SMILES string of the molecule is C=CNC(=O)C(Cc1ccc(OCc2nc3ccc(Oc4ccc(NC(=O)C5=CCCC=C5)cc4)cc3n2C)cc1)SC. The first kappa shape index (κ1) is 29.7. The van der Waals surface area contributed by atoms with Crippen LogP contribution in [0, 0.1) is 0 Å². The number of thioether (sulfide) groups is 1. The molecule has 3 aromatic carbocycles. The van der Waals surface area contributed by atoms with Crippen LogP contribution in [0.3, 0.4) is 0 Å². The number of amides is 2. The van der Waals surface area contributed by atoms with Crippen LogP contribution < -0.4 is 20.1 Å². The number of imidazole rings is 1. The molecule has 2 N–H and O–H groups in total. The summed E-state index contributed by atoms with van der Waals surface area (Å²) in [6.45, 7) is 3.86. The standard InChI is InChI=1S/C34H34N4O4S/c1-4-35-34(40)31(43-3)20-23-10-14-26(15-11-23)41-22-32-37-29-19-18-28(21-30(29)38(32)2)42-27-16-12-25(13-17-27)36-33(39)24-8-6-5-7-9-24/h4,6,8-19,21,31H,1,5,7,20,22H2,2-3H3,(H,35,40)(H,36,39). The van der Waals surface area contributed by atoms with Crippen molar-refractivity contribution in [2.75, 3.05) is 11.6 Å². The second kappa shape index (κ2) is 13.9. The molecule has 0 radical (unpaired) electrons. The Morgan fingerprint density at radius 2 is 1.79 bits per heavy atom. The lowest BCUT2D eigenvalue weighted by Gasteiger charge is -2.13. The fraction of sp³-hybridized carbons (Fsp3) is 0.206. The molecule has 0 aliphatic heterocycles. The largest absolute Gasteiger partial charge is 0.486 e. The van der Waals surface area contributed by atoms with Gasteiger partial charge in [-0.25, -0.2) is 4.98 Å². The van der Waals surface area contributed by atoms with Crippen molar-refractivity contribution in [3.63, 3.8) is 0 Å². The highest BCUT2D eigenvalue weighted by molar-refractivity contribution is 7.99. The zero-order valence-electron chi connectivity index (χ0n) is 24.2. The number of nitrogens with one attached hydrogen (secondary N) is 2. The van der Waals surface area contributed by atoms with Crippen LogP contribution in [0.15, 0.2) is 103 Å². The molecule has 9 heteroatoms. The molecule has 1 aliphatic carbocycles. The van der Waals surface area contributed by atoms with E-state index in [-0.39, 0.29) is 17.1 Å². The number of allylic oxidation sites excluding steroid dienone is 2. The predicted octanol–water partition coefficient (Wildman–Crippen LogP) is 6.69. The number of carbonyl (C=O) groups is 2. The summed E-state index contributed by atoms with van der Waals surface area (Å²) in [7, 11) is 1.95. The summed E-state index contributed by atoms with van der Waals surface area (Å²) in [5.41, 5.74) is 4.21. The maximum absolute atomic E-state index is 12.4. The Balaban J connectivity index is 1.18. The molecule has 1 aromatic heterocycles. The maximum Gasteiger partial charge on any atom is 0.255 e.